The Labute approximate surface area is 145 Å². The lowest BCUT2D eigenvalue weighted by atomic mass is 9.89. The van der Waals surface area contributed by atoms with Gasteiger partial charge in [0.15, 0.2) is 0 Å². The summed E-state index contributed by atoms with van der Waals surface area (Å²) >= 11 is 0. The van der Waals surface area contributed by atoms with Gasteiger partial charge in [0.1, 0.15) is 17.2 Å². The number of nitrogens with one attached hydrogen (secondary N) is 1. The molecule has 3 rings (SSSR count). The molecule has 1 heterocycles. The van der Waals surface area contributed by atoms with Crippen molar-refractivity contribution in [1.82, 2.24) is 5.32 Å². The Morgan fingerprint density at radius 1 is 1.20 bits per heavy atom. The summed E-state index contributed by atoms with van der Waals surface area (Å²) in [5.74, 6) is -0.896. The molecule has 0 fully saturated rings. The summed E-state index contributed by atoms with van der Waals surface area (Å²) in [6.45, 7) is 3.77. The van der Waals surface area contributed by atoms with Crippen molar-refractivity contribution in [3.63, 3.8) is 0 Å². The van der Waals surface area contributed by atoms with Crippen LogP contribution in [0, 0.1) is 5.82 Å². The van der Waals surface area contributed by atoms with Gasteiger partial charge in [0.25, 0.3) is 5.91 Å². The van der Waals surface area contributed by atoms with Crippen molar-refractivity contribution < 1.29 is 18.7 Å². The smallest absolute Gasteiger partial charge is 0.251 e. The highest BCUT2D eigenvalue weighted by Crippen LogP contribution is 2.39. The first kappa shape index (κ1) is 17.0. The van der Waals surface area contributed by atoms with Gasteiger partial charge in [-0.15, -0.1) is 0 Å². The molecule has 1 aliphatic heterocycles. The molecule has 3 N–H and O–H groups in total. The molecule has 25 heavy (non-hydrogen) atoms. The van der Waals surface area contributed by atoms with E-state index >= 15 is 0 Å². The van der Waals surface area contributed by atoms with Gasteiger partial charge < -0.3 is 15.8 Å². The fourth-order valence-corrected chi connectivity index (χ4v) is 3.01. The van der Waals surface area contributed by atoms with E-state index in [0.717, 1.165) is 5.56 Å². The molecule has 0 saturated carbocycles. The lowest BCUT2D eigenvalue weighted by molar-refractivity contribution is 0.0616. The molecule has 1 aliphatic rings. The quantitative estimate of drug-likeness (QED) is 0.900. The molecule has 2 aromatic rings. The maximum absolute atomic E-state index is 13.5. The van der Waals surface area contributed by atoms with E-state index in [-0.39, 0.29) is 17.5 Å². The number of fused-ring (bicyclic) bond motifs is 1. The van der Waals surface area contributed by atoms with Crippen LogP contribution in [-0.2, 0) is 0 Å². The highest BCUT2D eigenvalue weighted by atomic mass is 19.1. The Morgan fingerprint density at radius 2 is 1.92 bits per heavy atom. The van der Waals surface area contributed by atoms with Crippen LogP contribution in [0.5, 0.6) is 5.75 Å². The van der Waals surface area contributed by atoms with Crippen LogP contribution in [0.2, 0.25) is 0 Å². The van der Waals surface area contributed by atoms with Crippen LogP contribution < -0.4 is 15.8 Å². The van der Waals surface area contributed by atoms with Crippen molar-refractivity contribution in [2.45, 2.75) is 31.9 Å². The molecular formula is C19H19FN2O3. The van der Waals surface area contributed by atoms with Crippen molar-refractivity contribution in [3.8, 4) is 5.75 Å². The molecule has 0 spiro atoms. The van der Waals surface area contributed by atoms with Crippen molar-refractivity contribution in [2.24, 2.45) is 5.73 Å². The summed E-state index contributed by atoms with van der Waals surface area (Å²) in [6, 6.07) is 10.2. The minimum absolute atomic E-state index is 0.266. The monoisotopic (exact) mass is 342 g/mol. The summed E-state index contributed by atoms with van der Waals surface area (Å²) in [5, 5.41) is 2.94. The molecule has 0 saturated heterocycles. The van der Waals surface area contributed by atoms with Crippen LogP contribution in [0.4, 0.5) is 4.39 Å². The highest BCUT2D eigenvalue weighted by Gasteiger charge is 2.34. The largest absolute Gasteiger partial charge is 0.487 e. The Morgan fingerprint density at radius 3 is 2.64 bits per heavy atom. The highest BCUT2D eigenvalue weighted by molar-refractivity contribution is 5.99. The molecule has 0 radical (unpaired) electrons. The van der Waals surface area contributed by atoms with E-state index in [1.54, 1.807) is 24.3 Å². The third-order valence-corrected chi connectivity index (χ3v) is 4.15. The molecule has 2 amide bonds. The SMILES string of the molecule is CC1(C)CC(NC(=O)c2cccc(C(N)=O)c2)c2ccc(F)cc2O1. The summed E-state index contributed by atoms with van der Waals surface area (Å²) in [5.41, 5.74) is 6.04. The number of halogens is 1. The maximum atomic E-state index is 13.5. The Bertz CT molecular complexity index is 848. The van der Waals surface area contributed by atoms with Gasteiger partial charge in [0.05, 0.1) is 6.04 Å². The van der Waals surface area contributed by atoms with E-state index in [2.05, 4.69) is 5.32 Å². The second-order valence-electron chi connectivity index (χ2n) is 6.72. The van der Waals surface area contributed by atoms with E-state index in [4.69, 9.17) is 10.5 Å². The number of amides is 2. The zero-order chi connectivity index (χ0) is 18.2. The normalized spacial score (nSPS) is 18.0. The third-order valence-electron chi connectivity index (χ3n) is 4.15. The molecule has 1 atom stereocenters. The summed E-state index contributed by atoms with van der Waals surface area (Å²) in [4.78, 5) is 23.9. The summed E-state index contributed by atoms with van der Waals surface area (Å²) in [7, 11) is 0. The van der Waals surface area contributed by atoms with E-state index < -0.39 is 17.3 Å². The average Bonchev–Trinajstić information content (AvgIpc) is 2.53. The number of benzene rings is 2. The second kappa shape index (κ2) is 6.20. The molecule has 6 heteroatoms. The number of carbonyl (C=O) groups is 2. The van der Waals surface area contributed by atoms with Gasteiger partial charge >= 0.3 is 0 Å². The number of primary amides is 1. The predicted molar refractivity (Wildman–Crippen MR) is 90.9 cm³/mol. The molecular weight excluding hydrogens is 323 g/mol. The van der Waals surface area contributed by atoms with Crippen LogP contribution in [0.15, 0.2) is 42.5 Å². The Balaban J connectivity index is 1.88. The minimum Gasteiger partial charge on any atom is -0.487 e. The van der Waals surface area contributed by atoms with Gasteiger partial charge in [-0.05, 0) is 38.1 Å². The zero-order valence-electron chi connectivity index (χ0n) is 14.0. The summed E-state index contributed by atoms with van der Waals surface area (Å²) in [6.07, 6.45) is 0.535. The molecule has 0 aliphatic carbocycles. The first-order valence-electron chi connectivity index (χ1n) is 7.94. The van der Waals surface area contributed by atoms with Crippen LogP contribution >= 0.6 is 0 Å². The minimum atomic E-state index is -0.595. The van der Waals surface area contributed by atoms with Crippen LogP contribution in [0.3, 0.4) is 0 Å². The number of nitrogens with two attached hydrogens (primary N) is 1. The predicted octanol–water partition coefficient (Wildman–Crippen LogP) is 2.96. The number of hydrogen-bond donors (Lipinski definition) is 2. The van der Waals surface area contributed by atoms with Crippen molar-refractivity contribution in [3.05, 3.63) is 65.0 Å². The third kappa shape index (κ3) is 3.63. The van der Waals surface area contributed by atoms with Crippen molar-refractivity contribution >= 4 is 11.8 Å². The van der Waals surface area contributed by atoms with Crippen molar-refractivity contribution in [2.75, 3.05) is 0 Å². The molecule has 130 valence electrons. The number of rotatable bonds is 3. The topological polar surface area (TPSA) is 81.4 Å². The van der Waals surface area contributed by atoms with Crippen LogP contribution in [-0.4, -0.2) is 17.4 Å². The number of hydrogen-bond acceptors (Lipinski definition) is 3. The zero-order valence-corrected chi connectivity index (χ0v) is 14.0. The van der Waals surface area contributed by atoms with Gasteiger partial charge in [-0.2, -0.15) is 0 Å². The Hall–Kier alpha value is -2.89. The standard InChI is InChI=1S/C19H19FN2O3/c1-19(2)10-15(14-7-6-13(20)9-16(14)25-19)22-18(24)12-5-3-4-11(8-12)17(21)23/h3-9,15H,10H2,1-2H3,(H2,21,23)(H,22,24). The maximum Gasteiger partial charge on any atom is 0.251 e. The fraction of sp³-hybridized carbons (Fsp3) is 0.263. The van der Waals surface area contributed by atoms with Crippen LogP contribution in [0.25, 0.3) is 0 Å². The van der Waals surface area contributed by atoms with Gasteiger partial charge in [0, 0.05) is 29.2 Å². The lowest BCUT2D eigenvalue weighted by Crippen LogP contribution is -2.41. The lowest BCUT2D eigenvalue weighted by Gasteiger charge is -2.37. The van der Waals surface area contributed by atoms with Gasteiger partial charge in [-0.3, -0.25) is 9.59 Å². The van der Waals surface area contributed by atoms with Crippen LogP contribution in [0.1, 0.15) is 52.6 Å². The molecule has 0 bridgehead atoms. The fourth-order valence-electron chi connectivity index (χ4n) is 3.01. The molecule has 5 nitrogen and oxygen atoms in total. The van der Waals surface area contributed by atoms with E-state index in [1.165, 1.54) is 18.2 Å². The van der Waals surface area contributed by atoms with E-state index in [0.29, 0.717) is 17.7 Å². The number of carbonyl (C=O) groups excluding carboxylic acids is 2. The molecule has 2 aromatic carbocycles. The first-order valence-corrected chi connectivity index (χ1v) is 7.94. The summed E-state index contributed by atoms with van der Waals surface area (Å²) < 4.78 is 19.3. The molecule has 1 unspecified atom stereocenters. The van der Waals surface area contributed by atoms with E-state index in [9.17, 15) is 14.0 Å². The average molecular weight is 342 g/mol. The van der Waals surface area contributed by atoms with E-state index in [1.807, 2.05) is 13.8 Å². The van der Waals surface area contributed by atoms with Gasteiger partial charge in [-0.25, -0.2) is 4.39 Å². The van der Waals surface area contributed by atoms with Gasteiger partial charge in [0.2, 0.25) is 5.91 Å². The van der Waals surface area contributed by atoms with Gasteiger partial charge in [-0.1, -0.05) is 12.1 Å². The van der Waals surface area contributed by atoms with Crippen molar-refractivity contribution in [1.29, 1.82) is 0 Å². The molecule has 0 aromatic heterocycles. The Kier molecular flexibility index (Phi) is 4.20. The second-order valence-corrected chi connectivity index (χ2v) is 6.72. The number of ether oxygens (including phenoxy) is 1. The first-order chi connectivity index (χ1) is 11.7.